The molecule has 0 saturated carbocycles. The maximum atomic E-state index is 5.19. The number of fused-ring (bicyclic) bond motifs is 2. The zero-order valence-electron chi connectivity index (χ0n) is 28.0. The van der Waals surface area contributed by atoms with E-state index < -0.39 is 0 Å². The maximum Gasteiger partial charge on any atom is 0.0715 e. The van der Waals surface area contributed by atoms with E-state index >= 15 is 0 Å². The third kappa shape index (κ3) is 5.84. The molecule has 0 spiro atoms. The summed E-state index contributed by atoms with van der Waals surface area (Å²) in [5.74, 6) is 0.538. The molecule has 5 aromatic carbocycles. The van der Waals surface area contributed by atoms with Gasteiger partial charge in [0.25, 0.3) is 0 Å². The molecule has 9 rings (SSSR count). The van der Waals surface area contributed by atoms with E-state index in [0.717, 1.165) is 53.2 Å². The molecule has 2 nitrogen and oxygen atoms in total. The van der Waals surface area contributed by atoms with Crippen LogP contribution in [-0.4, -0.2) is 11.5 Å². The molecule has 2 heteroatoms. The minimum atomic E-state index is 0.538. The van der Waals surface area contributed by atoms with Gasteiger partial charge in [-0.15, -0.1) is 0 Å². The van der Waals surface area contributed by atoms with Crippen LogP contribution in [0.2, 0.25) is 0 Å². The summed E-state index contributed by atoms with van der Waals surface area (Å²) in [5, 5.41) is 6.53. The fourth-order valence-corrected chi connectivity index (χ4v) is 7.82. The summed E-state index contributed by atoms with van der Waals surface area (Å²) in [4.78, 5) is 5.19. The first kappa shape index (κ1) is 30.1. The predicted octanol–water partition coefficient (Wildman–Crippen LogP) is 9.83. The van der Waals surface area contributed by atoms with Crippen LogP contribution >= 0.6 is 0 Å². The highest BCUT2D eigenvalue weighted by atomic mass is 14.9. The Morgan fingerprint density at radius 1 is 0.520 bits per heavy atom. The molecule has 2 heterocycles. The van der Waals surface area contributed by atoms with Gasteiger partial charge in [0.05, 0.1) is 11.4 Å². The average molecular weight is 643 g/mol. The molecule has 6 aromatic rings. The standard InChI is InChI=1S/C48H38N2/c1-4-14-33(15-5-1)37-24-25-46(49-32-37)41-27-38(26-40(28-41)45-29-36-20-10-11-21-42(36)43-22-12-13-23-44(43)45)39-30-47(34-16-6-2-7-17-34)50-48(31-39)35-18-8-3-9-19-35/h1-9,11-19,21-28,30-31,36,49H,10,20,29,32H2. The topological polar surface area (TPSA) is 24.9 Å². The predicted molar refractivity (Wildman–Crippen MR) is 209 cm³/mol. The molecule has 1 atom stereocenters. The molecule has 1 unspecified atom stereocenters. The summed E-state index contributed by atoms with van der Waals surface area (Å²) in [6.45, 7) is 0.785. The third-order valence-electron chi connectivity index (χ3n) is 10.4. The number of pyridine rings is 1. The summed E-state index contributed by atoms with van der Waals surface area (Å²) >= 11 is 0. The number of aromatic nitrogens is 1. The van der Waals surface area contributed by atoms with Gasteiger partial charge in [-0.1, -0.05) is 133 Å². The fraction of sp³-hybridized carbons (Fsp3) is 0.104. The van der Waals surface area contributed by atoms with Crippen molar-refractivity contribution in [2.45, 2.75) is 19.3 Å². The van der Waals surface area contributed by atoms with Crippen molar-refractivity contribution in [3.63, 3.8) is 0 Å². The van der Waals surface area contributed by atoms with Crippen molar-refractivity contribution in [1.29, 1.82) is 0 Å². The zero-order chi connectivity index (χ0) is 33.3. The molecule has 0 radical (unpaired) electrons. The van der Waals surface area contributed by atoms with Gasteiger partial charge in [-0.05, 0) is 117 Å². The molecule has 1 N–H and O–H groups in total. The van der Waals surface area contributed by atoms with Crippen molar-refractivity contribution >= 4 is 22.4 Å². The van der Waals surface area contributed by atoms with Gasteiger partial charge in [0.1, 0.15) is 0 Å². The molecular formula is C48H38N2. The van der Waals surface area contributed by atoms with Gasteiger partial charge in [0, 0.05) is 23.4 Å². The molecule has 2 aliphatic carbocycles. The van der Waals surface area contributed by atoms with Crippen LogP contribution in [-0.2, 0) is 0 Å². The molecule has 0 saturated heterocycles. The highest BCUT2D eigenvalue weighted by Crippen LogP contribution is 2.38. The van der Waals surface area contributed by atoms with Gasteiger partial charge in [-0.25, -0.2) is 4.98 Å². The molecule has 1 aromatic heterocycles. The molecule has 240 valence electrons. The second-order valence-corrected chi connectivity index (χ2v) is 13.5. The SMILES string of the molecule is C1=CC2=c3ccccc3=C(c3cc(C4=CC=C(c5ccccc5)CN4)cc(-c4cc(-c5ccccc5)nc(-c5ccccc5)c4)c3)CC2CC1. The van der Waals surface area contributed by atoms with Gasteiger partial charge < -0.3 is 5.32 Å². The summed E-state index contributed by atoms with van der Waals surface area (Å²) in [6, 6.07) is 52.5. The van der Waals surface area contributed by atoms with Crippen LogP contribution in [0, 0.1) is 5.92 Å². The average Bonchev–Trinajstić information content (AvgIpc) is 3.21. The number of dihydropyridines is 1. The van der Waals surface area contributed by atoms with Crippen LogP contribution in [0.5, 0.6) is 0 Å². The first-order chi connectivity index (χ1) is 24.8. The Labute approximate surface area is 294 Å². The van der Waals surface area contributed by atoms with E-state index in [1.807, 2.05) is 0 Å². The summed E-state index contributed by atoms with van der Waals surface area (Å²) < 4.78 is 0. The van der Waals surface area contributed by atoms with E-state index in [9.17, 15) is 0 Å². The summed E-state index contributed by atoms with van der Waals surface area (Å²) in [7, 11) is 0. The Morgan fingerprint density at radius 2 is 1.10 bits per heavy atom. The van der Waals surface area contributed by atoms with Crippen LogP contribution in [0.3, 0.4) is 0 Å². The zero-order valence-corrected chi connectivity index (χ0v) is 28.0. The molecule has 0 amide bonds. The smallest absolute Gasteiger partial charge is 0.0715 e. The van der Waals surface area contributed by atoms with Gasteiger partial charge in [-0.2, -0.15) is 0 Å². The Balaban J connectivity index is 1.26. The third-order valence-corrected chi connectivity index (χ3v) is 10.4. The van der Waals surface area contributed by atoms with Crippen LogP contribution in [0.25, 0.3) is 56.1 Å². The van der Waals surface area contributed by atoms with E-state index in [-0.39, 0.29) is 0 Å². The van der Waals surface area contributed by atoms with Crippen molar-refractivity contribution in [3.8, 4) is 33.6 Å². The minimum absolute atomic E-state index is 0.538. The highest BCUT2D eigenvalue weighted by Gasteiger charge is 2.24. The Bertz CT molecular complexity index is 2380. The summed E-state index contributed by atoms with van der Waals surface area (Å²) in [5.41, 5.74) is 15.6. The van der Waals surface area contributed by atoms with Crippen LogP contribution in [0.1, 0.15) is 36.0 Å². The van der Waals surface area contributed by atoms with E-state index in [2.05, 4.69) is 175 Å². The van der Waals surface area contributed by atoms with Crippen molar-refractivity contribution in [3.05, 3.63) is 197 Å². The number of nitrogens with one attached hydrogen (secondary N) is 1. The Kier molecular flexibility index (Phi) is 7.91. The van der Waals surface area contributed by atoms with Gasteiger partial charge in [0.15, 0.2) is 0 Å². The molecule has 3 aliphatic rings. The van der Waals surface area contributed by atoms with E-state index in [1.165, 1.54) is 55.8 Å². The normalized spacial score (nSPS) is 16.5. The lowest BCUT2D eigenvalue weighted by atomic mass is 9.77. The first-order valence-electron chi connectivity index (χ1n) is 17.8. The van der Waals surface area contributed by atoms with Crippen molar-refractivity contribution < 1.29 is 0 Å². The maximum absolute atomic E-state index is 5.19. The molecule has 1 aliphatic heterocycles. The van der Waals surface area contributed by atoms with E-state index in [1.54, 1.807) is 0 Å². The summed E-state index contributed by atoms with van der Waals surface area (Å²) in [6.07, 6.45) is 12.6. The lowest BCUT2D eigenvalue weighted by molar-refractivity contribution is 0.612. The van der Waals surface area contributed by atoms with Gasteiger partial charge in [-0.3, -0.25) is 0 Å². The lowest BCUT2D eigenvalue weighted by Gasteiger charge is -2.28. The minimum Gasteiger partial charge on any atom is -0.380 e. The molecule has 0 bridgehead atoms. The number of allylic oxidation sites excluding steroid dienone is 4. The van der Waals surface area contributed by atoms with Crippen molar-refractivity contribution in [1.82, 2.24) is 10.3 Å². The second kappa shape index (κ2) is 13.1. The van der Waals surface area contributed by atoms with Crippen molar-refractivity contribution in [2.75, 3.05) is 6.54 Å². The Morgan fingerprint density at radius 3 is 1.76 bits per heavy atom. The van der Waals surface area contributed by atoms with Gasteiger partial charge in [0.2, 0.25) is 0 Å². The number of rotatable bonds is 6. The fourth-order valence-electron chi connectivity index (χ4n) is 7.82. The second-order valence-electron chi connectivity index (χ2n) is 13.5. The first-order valence-corrected chi connectivity index (χ1v) is 17.8. The molecule has 50 heavy (non-hydrogen) atoms. The van der Waals surface area contributed by atoms with Crippen LogP contribution in [0.15, 0.2) is 170 Å². The number of hydrogen-bond acceptors (Lipinski definition) is 2. The Hall–Kier alpha value is -5.99. The monoisotopic (exact) mass is 642 g/mol. The largest absolute Gasteiger partial charge is 0.380 e. The van der Waals surface area contributed by atoms with Gasteiger partial charge >= 0.3 is 0 Å². The molecule has 0 fully saturated rings. The van der Waals surface area contributed by atoms with E-state index in [0.29, 0.717) is 5.92 Å². The lowest BCUT2D eigenvalue weighted by Crippen LogP contribution is -2.36. The number of nitrogens with zero attached hydrogens (tertiary/aromatic N) is 1. The molecular weight excluding hydrogens is 605 g/mol. The number of hydrogen-bond donors (Lipinski definition) is 1. The highest BCUT2D eigenvalue weighted by molar-refractivity contribution is 5.85. The van der Waals surface area contributed by atoms with E-state index in [4.69, 9.17) is 4.98 Å². The number of benzene rings is 5. The van der Waals surface area contributed by atoms with Crippen LogP contribution < -0.4 is 15.8 Å². The van der Waals surface area contributed by atoms with Crippen LogP contribution in [0.4, 0.5) is 0 Å². The quantitative estimate of drug-likeness (QED) is 0.196. The van der Waals surface area contributed by atoms with Crippen molar-refractivity contribution in [2.24, 2.45) is 5.92 Å².